The Kier molecular flexibility index (Phi) is 3.88. The van der Waals surface area contributed by atoms with Crippen LogP contribution in [0.15, 0.2) is 18.3 Å². The first-order valence-electron chi connectivity index (χ1n) is 5.83. The smallest absolute Gasteiger partial charge is 0.335 e. The molecule has 1 heterocycles. The standard InChI is InChI=1S/C12H15N3O3/c16-11(7-14-9-1-2-9)15-6-10-5-8(12(17)18)3-4-13-10/h3-5,9,14H,1-2,6-7H2,(H,15,16)(H,17,18). The van der Waals surface area contributed by atoms with Crippen LogP contribution in [-0.2, 0) is 11.3 Å². The van der Waals surface area contributed by atoms with Crippen molar-refractivity contribution in [1.29, 1.82) is 0 Å². The van der Waals surface area contributed by atoms with Gasteiger partial charge in [0.15, 0.2) is 0 Å². The van der Waals surface area contributed by atoms with E-state index >= 15 is 0 Å². The van der Waals surface area contributed by atoms with Crippen molar-refractivity contribution in [2.45, 2.75) is 25.4 Å². The van der Waals surface area contributed by atoms with E-state index in [1.54, 1.807) is 0 Å². The molecule has 1 aliphatic carbocycles. The van der Waals surface area contributed by atoms with Crippen molar-refractivity contribution in [2.75, 3.05) is 6.54 Å². The number of carboxylic acid groups (broad SMARTS) is 1. The molecule has 1 aromatic rings. The van der Waals surface area contributed by atoms with Crippen LogP contribution in [0.25, 0.3) is 0 Å². The second-order valence-electron chi connectivity index (χ2n) is 4.27. The maximum absolute atomic E-state index is 11.4. The van der Waals surface area contributed by atoms with Gasteiger partial charge in [0.2, 0.25) is 5.91 Å². The Morgan fingerprint density at radius 2 is 2.22 bits per heavy atom. The molecule has 1 aromatic heterocycles. The van der Waals surface area contributed by atoms with Crippen molar-refractivity contribution in [3.63, 3.8) is 0 Å². The van der Waals surface area contributed by atoms with Crippen LogP contribution in [-0.4, -0.2) is 34.6 Å². The third-order valence-corrected chi connectivity index (χ3v) is 2.66. The maximum Gasteiger partial charge on any atom is 0.335 e. The van der Waals surface area contributed by atoms with Crippen molar-refractivity contribution < 1.29 is 14.7 Å². The van der Waals surface area contributed by atoms with Crippen molar-refractivity contribution in [3.8, 4) is 0 Å². The molecule has 6 heteroatoms. The lowest BCUT2D eigenvalue weighted by Crippen LogP contribution is -2.34. The fraction of sp³-hybridized carbons (Fsp3) is 0.417. The summed E-state index contributed by atoms with van der Waals surface area (Å²) in [7, 11) is 0. The molecule has 1 fully saturated rings. The fourth-order valence-corrected chi connectivity index (χ4v) is 1.48. The minimum Gasteiger partial charge on any atom is -0.478 e. The number of carbonyl (C=O) groups excluding carboxylic acids is 1. The van der Waals surface area contributed by atoms with Crippen LogP contribution < -0.4 is 10.6 Å². The Labute approximate surface area is 104 Å². The van der Waals surface area contributed by atoms with E-state index in [0.29, 0.717) is 18.3 Å². The average Bonchev–Trinajstić information content (AvgIpc) is 3.18. The van der Waals surface area contributed by atoms with E-state index in [4.69, 9.17) is 5.11 Å². The number of hydrogen-bond donors (Lipinski definition) is 3. The highest BCUT2D eigenvalue weighted by molar-refractivity contribution is 5.87. The van der Waals surface area contributed by atoms with Gasteiger partial charge in [-0.2, -0.15) is 0 Å². The highest BCUT2D eigenvalue weighted by Crippen LogP contribution is 2.17. The molecule has 0 saturated heterocycles. The molecule has 96 valence electrons. The molecule has 0 aromatic carbocycles. The molecule has 1 amide bonds. The molecule has 3 N–H and O–H groups in total. The Morgan fingerprint density at radius 1 is 1.44 bits per heavy atom. The molecule has 0 bridgehead atoms. The first kappa shape index (κ1) is 12.5. The summed E-state index contributed by atoms with van der Waals surface area (Å²) in [4.78, 5) is 26.2. The second kappa shape index (κ2) is 5.59. The molecule has 0 unspecified atom stereocenters. The zero-order chi connectivity index (χ0) is 13.0. The number of nitrogens with one attached hydrogen (secondary N) is 2. The van der Waals surface area contributed by atoms with Crippen molar-refractivity contribution in [1.82, 2.24) is 15.6 Å². The number of carbonyl (C=O) groups is 2. The summed E-state index contributed by atoms with van der Waals surface area (Å²) in [5, 5.41) is 14.6. The molecule has 1 saturated carbocycles. The van der Waals surface area contributed by atoms with Crippen LogP contribution in [0.5, 0.6) is 0 Å². The van der Waals surface area contributed by atoms with Crippen LogP contribution in [0.3, 0.4) is 0 Å². The molecule has 18 heavy (non-hydrogen) atoms. The van der Waals surface area contributed by atoms with Gasteiger partial charge in [-0.1, -0.05) is 0 Å². The van der Waals surface area contributed by atoms with Crippen molar-refractivity contribution in [3.05, 3.63) is 29.6 Å². The van der Waals surface area contributed by atoms with Crippen LogP contribution >= 0.6 is 0 Å². The number of amides is 1. The summed E-state index contributed by atoms with van der Waals surface area (Å²) >= 11 is 0. The van der Waals surface area contributed by atoms with Gasteiger partial charge in [-0.15, -0.1) is 0 Å². The Bertz CT molecular complexity index is 458. The van der Waals surface area contributed by atoms with Gasteiger partial charge in [0, 0.05) is 12.2 Å². The van der Waals surface area contributed by atoms with Gasteiger partial charge in [-0.25, -0.2) is 4.79 Å². The minimum absolute atomic E-state index is 0.107. The van der Waals surface area contributed by atoms with Gasteiger partial charge in [0.25, 0.3) is 0 Å². The molecule has 0 atom stereocenters. The summed E-state index contributed by atoms with van der Waals surface area (Å²) in [6.45, 7) is 0.537. The number of aromatic carboxylic acids is 1. The lowest BCUT2D eigenvalue weighted by molar-refractivity contribution is -0.120. The third-order valence-electron chi connectivity index (χ3n) is 2.66. The van der Waals surface area contributed by atoms with Crippen molar-refractivity contribution >= 4 is 11.9 Å². The number of pyridine rings is 1. The predicted octanol–water partition coefficient (Wildman–Crippen LogP) is 0.148. The zero-order valence-electron chi connectivity index (χ0n) is 9.85. The molecule has 0 radical (unpaired) electrons. The summed E-state index contributed by atoms with van der Waals surface area (Å²) in [6, 6.07) is 3.36. The number of aromatic nitrogens is 1. The third kappa shape index (κ3) is 3.81. The Balaban J connectivity index is 1.79. The molecule has 0 spiro atoms. The normalized spacial score (nSPS) is 14.2. The maximum atomic E-state index is 11.4. The lowest BCUT2D eigenvalue weighted by atomic mass is 10.2. The highest BCUT2D eigenvalue weighted by atomic mass is 16.4. The SMILES string of the molecule is O=C(CNC1CC1)NCc1cc(C(=O)O)ccn1. The van der Waals surface area contributed by atoms with E-state index in [1.165, 1.54) is 18.3 Å². The lowest BCUT2D eigenvalue weighted by Gasteiger charge is -2.06. The molecular formula is C12H15N3O3. The van der Waals surface area contributed by atoms with Gasteiger partial charge < -0.3 is 15.7 Å². The van der Waals surface area contributed by atoms with E-state index in [0.717, 1.165) is 12.8 Å². The fourth-order valence-electron chi connectivity index (χ4n) is 1.48. The summed E-state index contributed by atoms with van der Waals surface area (Å²) in [5.41, 5.74) is 0.708. The van der Waals surface area contributed by atoms with E-state index in [9.17, 15) is 9.59 Å². The second-order valence-corrected chi connectivity index (χ2v) is 4.27. The highest BCUT2D eigenvalue weighted by Gasteiger charge is 2.20. The van der Waals surface area contributed by atoms with Crippen LogP contribution in [0.4, 0.5) is 0 Å². The minimum atomic E-state index is -1.000. The van der Waals surface area contributed by atoms with Crippen LogP contribution in [0, 0.1) is 0 Å². The van der Waals surface area contributed by atoms with Gasteiger partial charge in [-0.05, 0) is 25.0 Å². The summed E-state index contributed by atoms with van der Waals surface area (Å²) in [5.74, 6) is -1.11. The number of rotatable bonds is 6. The number of nitrogens with zero attached hydrogens (tertiary/aromatic N) is 1. The van der Waals surface area contributed by atoms with Gasteiger partial charge in [-0.3, -0.25) is 9.78 Å². The zero-order valence-corrected chi connectivity index (χ0v) is 9.85. The number of hydrogen-bond acceptors (Lipinski definition) is 4. The van der Waals surface area contributed by atoms with Crippen molar-refractivity contribution in [2.24, 2.45) is 0 Å². The average molecular weight is 249 g/mol. The molecule has 6 nitrogen and oxygen atoms in total. The van der Waals surface area contributed by atoms with E-state index < -0.39 is 5.97 Å². The number of carboxylic acids is 1. The quantitative estimate of drug-likeness (QED) is 0.667. The van der Waals surface area contributed by atoms with Crippen LogP contribution in [0.2, 0.25) is 0 Å². The molecule has 0 aliphatic heterocycles. The summed E-state index contributed by atoms with van der Waals surface area (Å²) in [6.07, 6.45) is 3.69. The first-order chi connectivity index (χ1) is 8.65. The molecule has 2 rings (SSSR count). The van der Waals surface area contributed by atoms with Gasteiger partial charge in [0.1, 0.15) is 0 Å². The largest absolute Gasteiger partial charge is 0.478 e. The van der Waals surface area contributed by atoms with E-state index in [1.807, 2.05) is 0 Å². The summed E-state index contributed by atoms with van der Waals surface area (Å²) < 4.78 is 0. The van der Waals surface area contributed by atoms with Gasteiger partial charge >= 0.3 is 5.97 Å². The monoisotopic (exact) mass is 249 g/mol. The topological polar surface area (TPSA) is 91.3 Å². The van der Waals surface area contributed by atoms with E-state index in [-0.39, 0.29) is 18.0 Å². The molecule has 1 aliphatic rings. The first-order valence-corrected chi connectivity index (χ1v) is 5.83. The van der Waals surface area contributed by atoms with E-state index in [2.05, 4.69) is 15.6 Å². The Morgan fingerprint density at radius 3 is 2.89 bits per heavy atom. The van der Waals surface area contributed by atoms with Crippen LogP contribution in [0.1, 0.15) is 28.9 Å². The molecular weight excluding hydrogens is 234 g/mol. The predicted molar refractivity (Wildman–Crippen MR) is 64.1 cm³/mol. The Hall–Kier alpha value is -1.95. The van der Waals surface area contributed by atoms with Gasteiger partial charge in [0.05, 0.1) is 24.3 Å².